The molecule has 0 aliphatic rings. The van der Waals surface area contributed by atoms with Crippen molar-refractivity contribution in [3.63, 3.8) is 0 Å². The summed E-state index contributed by atoms with van der Waals surface area (Å²) in [7, 11) is 1.60. The molecule has 0 aliphatic heterocycles. The Hall–Kier alpha value is -3.08. The molecule has 0 radical (unpaired) electrons. The molecule has 0 saturated heterocycles. The van der Waals surface area contributed by atoms with Crippen molar-refractivity contribution in [3.05, 3.63) is 65.7 Å². The maximum atomic E-state index is 12.3. The smallest absolute Gasteiger partial charge is 0.253 e. The van der Waals surface area contributed by atoms with E-state index in [2.05, 4.69) is 10.6 Å². The number of nitrogens with one attached hydrogen (secondary N) is 2. The first-order valence-corrected chi connectivity index (χ1v) is 8.50. The van der Waals surface area contributed by atoms with Gasteiger partial charge in [0.05, 0.1) is 18.4 Å². The first-order chi connectivity index (χ1) is 12.5. The predicted molar refractivity (Wildman–Crippen MR) is 104 cm³/mol. The summed E-state index contributed by atoms with van der Waals surface area (Å²) in [5, 5.41) is 5.62. The molecule has 0 fully saturated rings. The third-order valence-electron chi connectivity index (χ3n) is 3.64. The van der Waals surface area contributed by atoms with E-state index in [0.29, 0.717) is 23.7 Å². The van der Waals surface area contributed by atoms with Crippen molar-refractivity contribution in [2.75, 3.05) is 19.0 Å². The minimum atomic E-state index is -0.301. The highest BCUT2D eigenvalue weighted by atomic mass is 16.5. The van der Waals surface area contributed by atoms with Crippen molar-refractivity contribution in [2.45, 2.75) is 13.8 Å². The van der Waals surface area contributed by atoms with Crippen LogP contribution in [0.25, 0.3) is 6.08 Å². The summed E-state index contributed by atoms with van der Waals surface area (Å²) in [4.78, 5) is 24.5. The van der Waals surface area contributed by atoms with Crippen molar-refractivity contribution < 1.29 is 14.3 Å². The minimum absolute atomic E-state index is 0.200. The molecule has 0 aromatic heterocycles. The van der Waals surface area contributed by atoms with E-state index in [4.69, 9.17) is 4.74 Å². The first-order valence-electron chi connectivity index (χ1n) is 8.50. The molecular weight excluding hydrogens is 328 g/mol. The zero-order valence-electron chi connectivity index (χ0n) is 15.3. The standard InChI is InChI=1S/C21H24N2O3/c1-15(2)14-22-21(25)18-6-4-5-7-19(18)23-20(24)13-10-16-8-11-17(26-3)12-9-16/h4-13,15H,14H2,1-3H3,(H,22,25)(H,23,24)/b13-10+. The van der Waals surface area contributed by atoms with Crippen LogP contribution < -0.4 is 15.4 Å². The lowest BCUT2D eigenvalue weighted by Crippen LogP contribution is -2.28. The Bertz CT molecular complexity index is 780. The fourth-order valence-corrected chi connectivity index (χ4v) is 2.24. The SMILES string of the molecule is COc1ccc(/C=C/C(=O)Nc2ccccc2C(=O)NCC(C)C)cc1. The van der Waals surface area contributed by atoms with Gasteiger partial charge in [0, 0.05) is 12.6 Å². The third-order valence-corrected chi connectivity index (χ3v) is 3.64. The van der Waals surface area contributed by atoms with Gasteiger partial charge in [0.1, 0.15) is 5.75 Å². The molecule has 0 aliphatic carbocycles. The Morgan fingerprint density at radius 2 is 1.77 bits per heavy atom. The largest absolute Gasteiger partial charge is 0.497 e. The number of hydrogen-bond acceptors (Lipinski definition) is 3. The van der Waals surface area contributed by atoms with Gasteiger partial charge < -0.3 is 15.4 Å². The fourth-order valence-electron chi connectivity index (χ4n) is 2.24. The summed E-state index contributed by atoms with van der Waals surface area (Å²) in [6.07, 6.45) is 3.14. The van der Waals surface area contributed by atoms with Crippen molar-refractivity contribution in [1.82, 2.24) is 5.32 Å². The van der Waals surface area contributed by atoms with Crippen LogP contribution in [0.3, 0.4) is 0 Å². The van der Waals surface area contributed by atoms with Gasteiger partial charge in [0.15, 0.2) is 0 Å². The van der Waals surface area contributed by atoms with Gasteiger partial charge in [0.25, 0.3) is 5.91 Å². The summed E-state index contributed by atoms with van der Waals surface area (Å²) in [6, 6.07) is 14.3. The van der Waals surface area contributed by atoms with Crippen LogP contribution in [0.5, 0.6) is 5.75 Å². The third kappa shape index (κ3) is 5.77. The molecule has 0 spiro atoms. The van der Waals surface area contributed by atoms with E-state index < -0.39 is 0 Å². The molecule has 136 valence electrons. The van der Waals surface area contributed by atoms with Gasteiger partial charge in [-0.3, -0.25) is 9.59 Å². The highest BCUT2D eigenvalue weighted by molar-refractivity contribution is 6.07. The van der Waals surface area contributed by atoms with Crippen molar-refractivity contribution in [1.29, 1.82) is 0 Å². The number of anilines is 1. The van der Waals surface area contributed by atoms with E-state index in [1.807, 2.05) is 38.1 Å². The number of methoxy groups -OCH3 is 1. The molecule has 0 unspecified atom stereocenters. The zero-order chi connectivity index (χ0) is 18.9. The lowest BCUT2D eigenvalue weighted by atomic mass is 10.1. The van der Waals surface area contributed by atoms with Gasteiger partial charge in [-0.2, -0.15) is 0 Å². The van der Waals surface area contributed by atoms with Crippen LogP contribution in [0.4, 0.5) is 5.69 Å². The number of amides is 2. The van der Waals surface area contributed by atoms with Crippen LogP contribution in [0.15, 0.2) is 54.6 Å². The lowest BCUT2D eigenvalue weighted by molar-refractivity contribution is -0.111. The quantitative estimate of drug-likeness (QED) is 0.746. The summed E-state index contributed by atoms with van der Waals surface area (Å²) in [5.74, 6) is 0.611. The molecule has 2 aromatic rings. The van der Waals surface area contributed by atoms with E-state index in [9.17, 15) is 9.59 Å². The second-order valence-electron chi connectivity index (χ2n) is 6.25. The second-order valence-corrected chi connectivity index (χ2v) is 6.25. The van der Waals surface area contributed by atoms with E-state index in [1.165, 1.54) is 6.08 Å². The monoisotopic (exact) mass is 352 g/mol. The summed E-state index contributed by atoms with van der Waals surface area (Å²) >= 11 is 0. The van der Waals surface area contributed by atoms with Crippen LogP contribution in [0, 0.1) is 5.92 Å². The number of ether oxygens (including phenoxy) is 1. The number of carbonyl (C=O) groups is 2. The highest BCUT2D eigenvalue weighted by Crippen LogP contribution is 2.16. The average Bonchev–Trinajstić information content (AvgIpc) is 2.65. The maximum absolute atomic E-state index is 12.3. The molecule has 5 heteroatoms. The van der Waals surface area contributed by atoms with E-state index in [0.717, 1.165) is 11.3 Å². The number of para-hydroxylation sites is 1. The van der Waals surface area contributed by atoms with Gasteiger partial charge in [-0.05, 0) is 41.8 Å². The molecule has 2 rings (SSSR count). The summed E-state index contributed by atoms with van der Waals surface area (Å²) in [6.45, 7) is 4.63. The van der Waals surface area contributed by atoms with Gasteiger partial charge in [-0.25, -0.2) is 0 Å². The number of benzene rings is 2. The fraction of sp³-hybridized carbons (Fsp3) is 0.238. The van der Waals surface area contributed by atoms with Crippen molar-refractivity contribution in [3.8, 4) is 5.75 Å². The summed E-state index contributed by atoms with van der Waals surface area (Å²) in [5.41, 5.74) is 1.81. The van der Waals surface area contributed by atoms with Crippen LogP contribution in [-0.4, -0.2) is 25.5 Å². The van der Waals surface area contributed by atoms with Gasteiger partial charge >= 0.3 is 0 Å². The van der Waals surface area contributed by atoms with Crippen LogP contribution in [0.2, 0.25) is 0 Å². The molecule has 2 aromatic carbocycles. The van der Waals surface area contributed by atoms with Gasteiger partial charge in [-0.15, -0.1) is 0 Å². The van der Waals surface area contributed by atoms with Crippen LogP contribution in [-0.2, 0) is 4.79 Å². The molecule has 2 N–H and O–H groups in total. The molecule has 0 atom stereocenters. The van der Waals surface area contributed by atoms with Gasteiger partial charge in [-0.1, -0.05) is 38.1 Å². The number of carbonyl (C=O) groups excluding carboxylic acids is 2. The number of rotatable bonds is 7. The van der Waals surface area contributed by atoms with Crippen molar-refractivity contribution in [2.24, 2.45) is 5.92 Å². The van der Waals surface area contributed by atoms with Crippen LogP contribution in [0.1, 0.15) is 29.8 Å². The van der Waals surface area contributed by atoms with E-state index in [-0.39, 0.29) is 11.8 Å². The predicted octanol–water partition coefficient (Wildman–Crippen LogP) is 3.73. The first kappa shape index (κ1) is 19.2. The average molecular weight is 352 g/mol. The second kappa shape index (κ2) is 9.42. The Kier molecular flexibility index (Phi) is 6.97. The van der Waals surface area contributed by atoms with E-state index in [1.54, 1.807) is 37.5 Å². The molecule has 0 saturated carbocycles. The molecule has 0 heterocycles. The minimum Gasteiger partial charge on any atom is -0.497 e. The lowest BCUT2D eigenvalue weighted by Gasteiger charge is -2.11. The van der Waals surface area contributed by atoms with E-state index >= 15 is 0 Å². The van der Waals surface area contributed by atoms with Crippen LogP contribution >= 0.6 is 0 Å². The highest BCUT2D eigenvalue weighted by Gasteiger charge is 2.12. The molecule has 2 amide bonds. The Labute approximate surface area is 154 Å². The normalized spacial score (nSPS) is 10.8. The molecule has 26 heavy (non-hydrogen) atoms. The molecule has 5 nitrogen and oxygen atoms in total. The topological polar surface area (TPSA) is 67.4 Å². The maximum Gasteiger partial charge on any atom is 0.253 e. The van der Waals surface area contributed by atoms with Gasteiger partial charge in [0.2, 0.25) is 5.91 Å². The Morgan fingerprint density at radius 3 is 2.42 bits per heavy atom. The summed E-state index contributed by atoms with van der Waals surface area (Å²) < 4.78 is 5.10. The molecule has 0 bridgehead atoms. The number of hydrogen-bond donors (Lipinski definition) is 2. The Morgan fingerprint density at radius 1 is 1.08 bits per heavy atom. The molecular formula is C21H24N2O3. The van der Waals surface area contributed by atoms with Crippen molar-refractivity contribution >= 4 is 23.6 Å². The Balaban J connectivity index is 2.04. The zero-order valence-corrected chi connectivity index (χ0v) is 15.3.